The predicted molar refractivity (Wildman–Crippen MR) is 66.5 cm³/mol. The molecule has 2 N–H and O–H groups in total. The molecule has 5 heteroatoms. The zero-order chi connectivity index (χ0) is 12.7. The van der Waals surface area contributed by atoms with Crippen molar-refractivity contribution in [2.45, 2.75) is 38.5 Å². The highest BCUT2D eigenvalue weighted by atomic mass is 16.1. The third-order valence-electron chi connectivity index (χ3n) is 4.69. The highest BCUT2D eigenvalue weighted by molar-refractivity contribution is 5.73. The first-order valence-electron chi connectivity index (χ1n) is 6.82. The summed E-state index contributed by atoms with van der Waals surface area (Å²) < 4.78 is 1.91. The summed E-state index contributed by atoms with van der Waals surface area (Å²) in [5, 5.41) is 8.35. The third-order valence-corrected chi connectivity index (χ3v) is 4.69. The van der Waals surface area contributed by atoms with Gasteiger partial charge in [0.25, 0.3) is 0 Å². The van der Waals surface area contributed by atoms with Gasteiger partial charge < -0.3 is 5.73 Å². The Morgan fingerprint density at radius 2 is 2.11 bits per heavy atom. The number of nitrogens with zero attached hydrogens (tertiary/aromatic N) is 3. The van der Waals surface area contributed by atoms with Crippen LogP contribution in [0.3, 0.4) is 0 Å². The molecule has 0 bridgehead atoms. The van der Waals surface area contributed by atoms with Crippen molar-refractivity contribution in [3.05, 3.63) is 11.4 Å². The van der Waals surface area contributed by atoms with Crippen LogP contribution in [0, 0.1) is 17.8 Å². The molecule has 1 aromatic rings. The quantitative estimate of drug-likeness (QED) is 0.860. The maximum atomic E-state index is 10.9. The monoisotopic (exact) mass is 248 g/mol. The first-order valence-corrected chi connectivity index (χ1v) is 6.82. The molecule has 2 aliphatic carbocycles. The Labute approximate surface area is 107 Å². The van der Waals surface area contributed by atoms with Gasteiger partial charge in [0.1, 0.15) is 0 Å². The van der Waals surface area contributed by atoms with Crippen LogP contribution in [-0.2, 0) is 24.7 Å². The molecule has 1 aromatic heterocycles. The van der Waals surface area contributed by atoms with Gasteiger partial charge in [0.2, 0.25) is 5.91 Å². The molecule has 1 saturated carbocycles. The lowest BCUT2D eigenvalue weighted by atomic mass is 10.0. The topological polar surface area (TPSA) is 73.8 Å². The average Bonchev–Trinajstić information content (AvgIpc) is 2.84. The van der Waals surface area contributed by atoms with Gasteiger partial charge in [0, 0.05) is 13.5 Å². The second kappa shape index (κ2) is 4.37. The molecular formula is C13H20N4O. The minimum absolute atomic E-state index is 0.163. The molecule has 0 unspecified atom stereocenters. The number of carbonyl (C=O) groups is 1. The Morgan fingerprint density at radius 3 is 2.83 bits per heavy atom. The highest BCUT2D eigenvalue weighted by Gasteiger charge is 2.49. The summed E-state index contributed by atoms with van der Waals surface area (Å²) in [5.74, 6) is 2.15. The van der Waals surface area contributed by atoms with E-state index in [0.29, 0.717) is 6.42 Å². The maximum absolute atomic E-state index is 10.9. The molecule has 18 heavy (non-hydrogen) atoms. The van der Waals surface area contributed by atoms with Crippen LogP contribution in [-0.4, -0.2) is 20.9 Å². The zero-order valence-corrected chi connectivity index (χ0v) is 10.8. The van der Waals surface area contributed by atoms with E-state index in [0.717, 1.165) is 37.0 Å². The van der Waals surface area contributed by atoms with E-state index >= 15 is 0 Å². The van der Waals surface area contributed by atoms with Gasteiger partial charge in [-0.15, -0.1) is 5.10 Å². The standard InChI is InChI=1S/C13H20N4O/c1-17-12-6-3-9-8(2-5-11(12)15-16-17)10(9)4-7-13(14)18/h8-10H,2-7H2,1H3,(H2,14,18)/t8-,9+,10-/m1/s1. The van der Waals surface area contributed by atoms with E-state index in [9.17, 15) is 4.79 Å². The van der Waals surface area contributed by atoms with Crippen molar-refractivity contribution in [3.63, 3.8) is 0 Å². The average molecular weight is 248 g/mol. The van der Waals surface area contributed by atoms with E-state index in [1.807, 2.05) is 11.7 Å². The molecule has 3 rings (SSSR count). The second-order valence-corrected chi connectivity index (χ2v) is 5.68. The fourth-order valence-corrected chi connectivity index (χ4v) is 3.64. The summed E-state index contributed by atoms with van der Waals surface area (Å²) in [6.07, 6.45) is 6.05. The van der Waals surface area contributed by atoms with Crippen LogP contribution >= 0.6 is 0 Å². The van der Waals surface area contributed by atoms with E-state index in [1.165, 1.54) is 24.2 Å². The third kappa shape index (κ3) is 2.02. The number of primary amides is 1. The van der Waals surface area contributed by atoms with E-state index in [4.69, 9.17) is 5.73 Å². The van der Waals surface area contributed by atoms with Crippen LogP contribution in [0.1, 0.15) is 37.1 Å². The normalized spacial score (nSPS) is 29.9. The van der Waals surface area contributed by atoms with Crippen molar-refractivity contribution in [2.24, 2.45) is 30.5 Å². The van der Waals surface area contributed by atoms with Gasteiger partial charge in [-0.3, -0.25) is 9.48 Å². The van der Waals surface area contributed by atoms with Crippen LogP contribution in [0.2, 0.25) is 0 Å². The second-order valence-electron chi connectivity index (χ2n) is 5.68. The number of rotatable bonds is 3. The molecule has 0 radical (unpaired) electrons. The molecule has 3 atom stereocenters. The van der Waals surface area contributed by atoms with Crippen LogP contribution in [0.25, 0.3) is 0 Å². The van der Waals surface area contributed by atoms with Crippen molar-refractivity contribution in [1.82, 2.24) is 15.0 Å². The van der Waals surface area contributed by atoms with Crippen LogP contribution in [0.15, 0.2) is 0 Å². The molecule has 5 nitrogen and oxygen atoms in total. The van der Waals surface area contributed by atoms with E-state index in [-0.39, 0.29) is 5.91 Å². The van der Waals surface area contributed by atoms with Crippen LogP contribution in [0.4, 0.5) is 0 Å². The van der Waals surface area contributed by atoms with E-state index in [1.54, 1.807) is 0 Å². The van der Waals surface area contributed by atoms with Crippen molar-refractivity contribution in [3.8, 4) is 0 Å². The molecule has 1 amide bonds. The van der Waals surface area contributed by atoms with Gasteiger partial charge in [-0.2, -0.15) is 0 Å². The molecule has 1 fully saturated rings. The van der Waals surface area contributed by atoms with Gasteiger partial charge in [-0.25, -0.2) is 0 Å². The molecule has 98 valence electrons. The Bertz CT molecular complexity index is 468. The van der Waals surface area contributed by atoms with Gasteiger partial charge in [-0.1, -0.05) is 5.21 Å². The summed E-state index contributed by atoms with van der Waals surface area (Å²) in [4.78, 5) is 10.9. The number of hydrogen-bond donors (Lipinski definition) is 1. The van der Waals surface area contributed by atoms with Crippen molar-refractivity contribution >= 4 is 5.91 Å². The largest absolute Gasteiger partial charge is 0.370 e. The Kier molecular flexibility index (Phi) is 2.84. The molecule has 2 aliphatic rings. The fraction of sp³-hybridized carbons (Fsp3) is 0.769. The van der Waals surface area contributed by atoms with E-state index < -0.39 is 0 Å². The molecule has 0 saturated heterocycles. The molecule has 1 heterocycles. The zero-order valence-electron chi connectivity index (χ0n) is 10.8. The molecule has 0 aliphatic heterocycles. The summed E-state index contributed by atoms with van der Waals surface area (Å²) in [5.41, 5.74) is 7.71. The molecule has 0 spiro atoms. The van der Waals surface area contributed by atoms with Gasteiger partial charge >= 0.3 is 0 Å². The minimum Gasteiger partial charge on any atom is -0.370 e. The molecular weight excluding hydrogens is 228 g/mol. The number of amides is 1. The summed E-state index contributed by atoms with van der Waals surface area (Å²) in [6, 6.07) is 0. The smallest absolute Gasteiger partial charge is 0.217 e. The minimum atomic E-state index is -0.163. The lowest BCUT2D eigenvalue weighted by Crippen LogP contribution is -2.10. The van der Waals surface area contributed by atoms with Crippen molar-refractivity contribution < 1.29 is 4.79 Å². The van der Waals surface area contributed by atoms with Crippen molar-refractivity contribution in [2.75, 3.05) is 0 Å². The van der Waals surface area contributed by atoms with Crippen LogP contribution in [0.5, 0.6) is 0 Å². The van der Waals surface area contributed by atoms with Gasteiger partial charge in [0.15, 0.2) is 0 Å². The number of aromatic nitrogens is 3. The fourth-order valence-electron chi connectivity index (χ4n) is 3.64. The summed E-state index contributed by atoms with van der Waals surface area (Å²) in [6.45, 7) is 0. The maximum Gasteiger partial charge on any atom is 0.217 e. The number of carbonyl (C=O) groups excluding carboxylic acids is 1. The highest BCUT2D eigenvalue weighted by Crippen LogP contribution is 2.54. The number of fused-ring (bicyclic) bond motifs is 2. The Morgan fingerprint density at radius 1 is 1.39 bits per heavy atom. The van der Waals surface area contributed by atoms with Gasteiger partial charge in [-0.05, 0) is 49.9 Å². The number of nitrogens with two attached hydrogens (primary N) is 1. The first-order chi connectivity index (χ1) is 8.66. The van der Waals surface area contributed by atoms with Gasteiger partial charge in [0.05, 0.1) is 11.4 Å². The first kappa shape index (κ1) is 11.7. The SMILES string of the molecule is Cn1nnc2c1CC[C@@H]1[C@H](CCC(N)=O)[C@@H]1CC2. The predicted octanol–water partition coefficient (Wildman–Crippen LogP) is 0.822. The Hall–Kier alpha value is -1.39. The lowest BCUT2D eigenvalue weighted by Gasteiger charge is -2.07. The Balaban J connectivity index is 1.63. The van der Waals surface area contributed by atoms with Crippen LogP contribution < -0.4 is 5.73 Å². The lowest BCUT2D eigenvalue weighted by molar-refractivity contribution is -0.118. The van der Waals surface area contributed by atoms with E-state index in [2.05, 4.69) is 10.3 Å². The van der Waals surface area contributed by atoms with Crippen molar-refractivity contribution in [1.29, 1.82) is 0 Å². The summed E-state index contributed by atoms with van der Waals surface area (Å²) >= 11 is 0. The number of hydrogen-bond acceptors (Lipinski definition) is 3. The summed E-state index contributed by atoms with van der Waals surface area (Å²) in [7, 11) is 1.97. The molecule has 0 aromatic carbocycles. The number of aryl methyl sites for hydroxylation is 2.